The third-order valence-electron chi connectivity index (χ3n) is 5.27. The Morgan fingerprint density at radius 1 is 1.19 bits per heavy atom. The highest BCUT2D eigenvalue weighted by Gasteiger charge is 2.31. The molecular formula is C22H22N6O3. The number of benzene rings is 1. The minimum Gasteiger partial charge on any atom is -0.461 e. The molecule has 0 bridgehead atoms. The quantitative estimate of drug-likeness (QED) is 0.473. The lowest BCUT2D eigenvalue weighted by molar-refractivity contribution is 0.0951. The summed E-state index contributed by atoms with van der Waals surface area (Å²) in [5.41, 5.74) is 1.48. The molecule has 0 radical (unpaired) electrons. The lowest BCUT2D eigenvalue weighted by Crippen LogP contribution is -2.32. The van der Waals surface area contributed by atoms with Crippen LogP contribution in [0, 0.1) is 0 Å². The number of nitrogens with one attached hydrogen (secondary N) is 1. The monoisotopic (exact) mass is 418 g/mol. The maximum absolute atomic E-state index is 12.8. The van der Waals surface area contributed by atoms with Crippen LogP contribution >= 0.6 is 0 Å². The Hall–Kier alpha value is -3.88. The number of rotatable bonds is 8. The van der Waals surface area contributed by atoms with Crippen LogP contribution in [0.15, 0.2) is 70.6 Å². The Labute approximate surface area is 177 Å². The average molecular weight is 418 g/mol. The van der Waals surface area contributed by atoms with Gasteiger partial charge in [-0.1, -0.05) is 12.1 Å². The number of amides is 1. The maximum atomic E-state index is 12.8. The first-order valence-electron chi connectivity index (χ1n) is 10.2. The lowest BCUT2D eigenvalue weighted by Gasteiger charge is -2.07. The SMILES string of the molecule is O=C(NCCn1nc(-c2ccco2)n(C2CC2)c1=O)c1ccc(Cn2ccnc2)cc1. The van der Waals surface area contributed by atoms with E-state index in [1.165, 1.54) is 4.68 Å². The second-order valence-electron chi connectivity index (χ2n) is 7.60. The number of hydrogen-bond acceptors (Lipinski definition) is 5. The van der Waals surface area contributed by atoms with E-state index in [1.54, 1.807) is 47.6 Å². The zero-order valence-corrected chi connectivity index (χ0v) is 16.8. The molecule has 1 aliphatic rings. The molecule has 1 amide bonds. The van der Waals surface area contributed by atoms with Gasteiger partial charge in [-0.15, -0.1) is 5.10 Å². The summed E-state index contributed by atoms with van der Waals surface area (Å²) in [6, 6.07) is 11.2. The van der Waals surface area contributed by atoms with E-state index in [0.717, 1.165) is 18.4 Å². The molecule has 1 aromatic carbocycles. The van der Waals surface area contributed by atoms with Crippen molar-refractivity contribution in [3.63, 3.8) is 0 Å². The topological polar surface area (TPSA) is 99.9 Å². The Bertz CT molecular complexity index is 1220. The van der Waals surface area contributed by atoms with E-state index in [9.17, 15) is 9.59 Å². The predicted molar refractivity (Wildman–Crippen MR) is 113 cm³/mol. The Balaban J connectivity index is 1.22. The minimum atomic E-state index is -0.185. The number of carbonyl (C=O) groups excluding carboxylic acids is 1. The van der Waals surface area contributed by atoms with Crippen LogP contribution in [-0.4, -0.2) is 36.4 Å². The van der Waals surface area contributed by atoms with Crippen molar-refractivity contribution >= 4 is 5.91 Å². The summed E-state index contributed by atoms with van der Waals surface area (Å²) in [4.78, 5) is 29.3. The Morgan fingerprint density at radius 2 is 2.03 bits per heavy atom. The largest absolute Gasteiger partial charge is 0.461 e. The van der Waals surface area contributed by atoms with E-state index in [0.29, 0.717) is 30.2 Å². The number of nitrogens with zero attached hydrogens (tertiary/aromatic N) is 5. The first-order valence-corrected chi connectivity index (χ1v) is 10.2. The highest BCUT2D eigenvalue weighted by molar-refractivity contribution is 5.94. The fourth-order valence-corrected chi connectivity index (χ4v) is 3.53. The van der Waals surface area contributed by atoms with Gasteiger partial charge in [0, 0.05) is 37.1 Å². The zero-order valence-electron chi connectivity index (χ0n) is 16.8. The minimum absolute atomic E-state index is 0.174. The highest BCUT2D eigenvalue weighted by atomic mass is 16.3. The molecule has 1 fully saturated rings. The van der Waals surface area contributed by atoms with Crippen LogP contribution in [0.25, 0.3) is 11.6 Å². The molecule has 0 saturated heterocycles. The second kappa shape index (κ2) is 8.10. The molecule has 158 valence electrons. The van der Waals surface area contributed by atoms with E-state index in [-0.39, 0.29) is 24.2 Å². The van der Waals surface area contributed by atoms with Crippen LogP contribution in [0.4, 0.5) is 0 Å². The molecule has 0 atom stereocenters. The molecule has 4 aromatic rings. The molecule has 0 aliphatic heterocycles. The number of aromatic nitrogens is 5. The summed E-state index contributed by atoms with van der Waals surface area (Å²) in [7, 11) is 0. The van der Waals surface area contributed by atoms with Gasteiger partial charge in [-0.2, -0.15) is 0 Å². The number of furan rings is 1. The Kier molecular flexibility index (Phi) is 4.99. The van der Waals surface area contributed by atoms with Gasteiger partial charge in [0.05, 0.1) is 19.1 Å². The van der Waals surface area contributed by atoms with Crippen molar-refractivity contribution in [1.29, 1.82) is 0 Å². The first-order chi connectivity index (χ1) is 15.2. The summed E-state index contributed by atoms with van der Waals surface area (Å²) in [6.07, 6.45) is 8.88. The van der Waals surface area contributed by atoms with Crippen molar-refractivity contribution in [2.75, 3.05) is 6.54 Å². The van der Waals surface area contributed by atoms with Crippen LogP contribution < -0.4 is 11.0 Å². The van der Waals surface area contributed by atoms with Crippen molar-refractivity contribution < 1.29 is 9.21 Å². The van der Waals surface area contributed by atoms with E-state index in [1.807, 2.05) is 22.9 Å². The molecule has 1 aliphatic carbocycles. The van der Waals surface area contributed by atoms with Crippen molar-refractivity contribution in [2.24, 2.45) is 0 Å². The highest BCUT2D eigenvalue weighted by Crippen LogP contribution is 2.36. The zero-order chi connectivity index (χ0) is 21.2. The van der Waals surface area contributed by atoms with Gasteiger partial charge < -0.3 is 14.3 Å². The summed E-state index contributed by atoms with van der Waals surface area (Å²) < 4.78 is 10.5. The van der Waals surface area contributed by atoms with Crippen LogP contribution in [0.2, 0.25) is 0 Å². The van der Waals surface area contributed by atoms with Crippen molar-refractivity contribution in [1.82, 2.24) is 29.2 Å². The van der Waals surface area contributed by atoms with Gasteiger partial charge in [0.2, 0.25) is 5.82 Å². The van der Waals surface area contributed by atoms with Gasteiger partial charge in [0.25, 0.3) is 5.91 Å². The van der Waals surface area contributed by atoms with Crippen molar-refractivity contribution in [3.8, 4) is 11.6 Å². The molecule has 0 spiro atoms. The van der Waals surface area contributed by atoms with Crippen LogP contribution in [0.3, 0.4) is 0 Å². The predicted octanol–water partition coefficient (Wildman–Crippen LogP) is 2.31. The lowest BCUT2D eigenvalue weighted by atomic mass is 10.1. The van der Waals surface area contributed by atoms with E-state index < -0.39 is 0 Å². The fraction of sp³-hybridized carbons (Fsp3) is 0.273. The van der Waals surface area contributed by atoms with Crippen LogP contribution in [0.5, 0.6) is 0 Å². The molecule has 1 saturated carbocycles. The van der Waals surface area contributed by atoms with Crippen LogP contribution in [-0.2, 0) is 13.1 Å². The molecular weight excluding hydrogens is 396 g/mol. The van der Waals surface area contributed by atoms with E-state index in [4.69, 9.17) is 4.42 Å². The van der Waals surface area contributed by atoms with Gasteiger partial charge in [-0.3, -0.25) is 9.36 Å². The van der Waals surface area contributed by atoms with Gasteiger partial charge in [0.1, 0.15) is 0 Å². The molecule has 9 heteroatoms. The molecule has 1 N–H and O–H groups in total. The number of carbonyl (C=O) groups is 1. The molecule has 31 heavy (non-hydrogen) atoms. The molecule has 3 aromatic heterocycles. The van der Waals surface area contributed by atoms with Gasteiger partial charge in [0.15, 0.2) is 5.76 Å². The van der Waals surface area contributed by atoms with Gasteiger partial charge >= 0.3 is 5.69 Å². The molecule has 0 unspecified atom stereocenters. The number of imidazole rings is 1. The first kappa shape index (κ1) is 19.1. The normalized spacial score (nSPS) is 13.4. The standard InChI is InChI=1S/C22H22N6O3/c29-21(17-5-3-16(4-6-17)14-26-11-9-23-15-26)24-10-12-27-22(30)28(18-7-8-18)20(25-27)19-2-1-13-31-19/h1-6,9,11,13,15,18H,7-8,10,12,14H2,(H,24,29). The molecule has 3 heterocycles. The number of hydrogen-bond donors (Lipinski definition) is 1. The smallest absolute Gasteiger partial charge is 0.346 e. The summed E-state index contributed by atoms with van der Waals surface area (Å²) in [6.45, 7) is 1.29. The summed E-state index contributed by atoms with van der Waals surface area (Å²) >= 11 is 0. The van der Waals surface area contributed by atoms with E-state index >= 15 is 0 Å². The van der Waals surface area contributed by atoms with Crippen molar-refractivity contribution in [2.45, 2.75) is 32.0 Å². The van der Waals surface area contributed by atoms with Gasteiger partial charge in [-0.05, 0) is 42.7 Å². The third-order valence-corrected chi connectivity index (χ3v) is 5.27. The summed E-state index contributed by atoms with van der Waals surface area (Å²) in [5, 5.41) is 7.31. The second-order valence-corrected chi connectivity index (χ2v) is 7.60. The Morgan fingerprint density at radius 3 is 2.71 bits per heavy atom. The summed E-state index contributed by atoms with van der Waals surface area (Å²) in [5.74, 6) is 0.926. The maximum Gasteiger partial charge on any atom is 0.346 e. The molecule has 9 nitrogen and oxygen atoms in total. The van der Waals surface area contributed by atoms with Gasteiger partial charge in [-0.25, -0.2) is 14.5 Å². The van der Waals surface area contributed by atoms with Crippen molar-refractivity contribution in [3.05, 3.63) is 83.0 Å². The van der Waals surface area contributed by atoms with Crippen LogP contribution in [0.1, 0.15) is 34.8 Å². The molecule has 5 rings (SSSR count). The third kappa shape index (κ3) is 4.07. The van der Waals surface area contributed by atoms with E-state index in [2.05, 4.69) is 15.4 Å². The average Bonchev–Trinajstić information content (AvgIpc) is 3.17. The fourth-order valence-electron chi connectivity index (χ4n) is 3.53.